The number of amides is 1. The quantitative estimate of drug-likeness (QED) is 0.411. The first-order valence-electron chi connectivity index (χ1n) is 11.3. The number of hydrogen-bond acceptors (Lipinski definition) is 4. The normalized spacial score (nSPS) is 18.2. The molecular weight excluding hydrogens is 434 g/mol. The van der Waals surface area contributed by atoms with E-state index < -0.39 is 0 Å². The summed E-state index contributed by atoms with van der Waals surface area (Å²) in [6, 6.07) is 18.2. The van der Waals surface area contributed by atoms with E-state index in [2.05, 4.69) is 20.7 Å². The Balaban J connectivity index is 1.19. The van der Waals surface area contributed by atoms with Crippen LogP contribution >= 0.6 is 11.6 Å². The second-order valence-corrected chi connectivity index (χ2v) is 9.01. The Labute approximate surface area is 198 Å². The fourth-order valence-corrected chi connectivity index (χ4v) is 4.74. The fourth-order valence-electron chi connectivity index (χ4n) is 4.57. The van der Waals surface area contributed by atoms with Gasteiger partial charge in [-0.3, -0.25) is 9.78 Å². The van der Waals surface area contributed by atoms with Crippen molar-refractivity contribution in [3.05, 3.63) is 83.3 Å². The molecular formula is C26H26ClN5O. The van der Waals surface area contributed by atoms with E-state index in [0.29, 0.717) is 16.6 Å². The van der Waals surface area contributed by atoms with Gasteiger partial charge in [0.05, 0.1) is 28.7 Å². The van der Waals surface area contributed by atoms with Gasteiger partial charge in [0.2, 0.25) is 0 Å². The molecule has 2 aromatic heterocycles. The zero-order valence-electron chi connectivity index (χ0n) is 18.5. The van der Waals surface area contributed by atoms with Crippen molar-refractivity contribution in [3.63, 3.8) is 0 Å². The van der Waals surface area contributed by atoms with Crippen LogP contribution < -0.4 is 10.6 Å². The molecule has 2 N–H and O–H groups in total. The van der Waals surface area contributed by atoms with E-state index in [1.54, 1.807) is 6.20 Å². The molecule has 5 rings (SSSR count). The van der Waals surface area contributed by atoms with Crippen molar-refractivity contribution < 1.29 is 4.79 Å². The second-order valence-electron chi connectivity index (χ2n) is 8.58. The smallest absolute Gasteiger partial charge is 0.254 e. The van der Waals surface area contributed by atoms with Gasteiger partial charge in [-0.2, -0.15) is 5.10 Å². The molecule has 6 nitrogen and oxygen atoms in total. The molecule has 0 radical (unpaired) electrons. The molecule has 168 valence electrons. The Morgan fingerprint density at radius 1 is 1.03 bits per heavy atom. The van der Waals surface area contributed by atoms with Gasteiger partial charge in [0.25, 0.3) is 5.91 Å². The topological polar surface area (TPSA) is 71.8 Å². The lowest BCUT2D eigenvalue weighted by Crippen LogP contribution is -2.40. The number of nitrogens with one attached hydrogen (secondary N) is 2. The fraction of sp³-hybridized carbons (Fsp3) is 0.269. The second kappa shape index (κ2) is 9.24. The van der Waals surface area contributed by atoms with E-state index in [-0.39, 0.29) is 11.9 Å². The molecule has 2 aromatic carbocycles. The standard InChI is InChI=1S/C26H26ClN5O/c1-17-23(16-29-32(17)21-5-3-2-4-6-21)26(33)31-20-10-8-19(9-11-20)30-24-13-14-28-25-15-18(27)7-12-22(24)25/h2-7,12-16,19-20H,8-11H2,1H3,(H,28,30)(H,31,33)/t19-,20+. The average Bonchev–Trinajstić information content (AvgIpc) is 3.22. The Bertz CT molecular complexity index is 1280. The Morgan fingerprint density at radius 2 is 1.79 bits per heavy atom. The SMILES string of the molecule is Cc1c(C(=O)N[C@H]2CC[C@@H](Nc3ccnc4cc(Cl)ccc34)CC2)cnn1-c1ccccc1. The monoisotopic (exact) mass is 459 g/mol. The predicted octanol–water partition coefficient (Wildman–Crippen LogP) is 5.54. The largest absolute Gasteiger partial charge is 0.382 e. The summed E-state index contributed by atoms with van der Waals surface area (Å²) in [4.78, 5) is 17.3. The van der Waals surface area contributed by atoms with E-state index in [9.17, 15) is 4.79 Å². The molecule has 0 unspecified atom stereocenters. The number of anilines is 1. The number of fused-ring (bicyclic) bond motifs is 1. The number of rotatable bonds is 5. The van der Waals surface area contributed by atoms with Gasteiger partial charge in [0.15, 0.2) is 0 Å². The Morgan fingerprint density at radius 3 is 2.58 bits per heavy atom. The molecule has 2 heterocycles. The van der Waals surface area contributed by atoms with Crippen LogP contribution in [0.2, 0.25) is 5.02 Å². The van der Waals surface area contributed by atoms with Crippen LogP contribution in [0.25, 0.3) is 16.6 Å². The average molecular weight is 460 g/mol. The van der Waals surface area contributed by atoms with Crippen molar-refractivity contribution in [1.29, 1.82) is 0 Å². The zero-order chi connectivity index (χ0) is 22.8. The van der Waals surface area contributed by atoms with Crippen molar-refractivity contribution in [3.8, 4) is 5.69 Å². The van der Waals surface area contributed by atoms with Crippen LogP contribution in [-0.2, 0) is 0 Å². The maximum absolute atomic E-state index is 12.9. The van der Waals surface area contributed by atoms with Gasteiger partial charge in [0, 0.05) is 34.4 Å². The van der Waals surface area contributed by atoms with E-state index in [1.165, 1.54) is 0 Å². The summed E-state index contributed by atoms with van der Waals surface area (Å²) in [5.41, 5.74) is 4.39. The van der Waals surface area contributed by atoms with Crippen LogP contribution in [0.3, 0.4) is 0 Å². The molecule has 0 spiro atoms. The summed E-state index contributed by atoms with van der Waals surface area (Å²) in [5, 5.41) is 13.1. The number of halogens is 1. The number of para-hydroxylation sites is 1. The molecule has 0 atom stereocenters. The summed E-state index contributed by atoms with van der Waals surface area (Å²) in [7, 11) is 0. The minimum Gasteiger partial charge on any atom is -0.382 e. The third kappa shape index (κ3) is 4.57. The Hall–Kier alpha value is -3.38. The number of nitrogens with zero attached hydrogens (tertiary/aromatic N) is 3. The third-order valence-corrected chi connectivity index (χ3v) is 6.62. The first kappa shape index (κ1) is 21.5. The number of pyridine rings is 1. The van der Waals surface area contributed by atoms with Crippen molar-refractivity contribution in [1.82, 2.24) is 20.1 Å². The van der Waals surface area contributed by atoms with Crippen molar-refractivity contribution >= 4 is 34.1 Å². The van der Waals surface area contributed by atoms with E-state index >= 15 is 0 Å². The van der Waals surface area contributed by atoms with Gasteiger partial charge in [-0.1, -0.05) is 29.8 Å². The number of benzene rings is 2. The molecule has 4 aromatic rings. The van der Waals surface area contributed by atoms with Gasteiger partial charge in [0.1, 0.15) is 0 Å². The molecule has 0 bridgehead atoms. The summed E-state index contributed by atoms with van der Waals surface area (Å²) in [6.45, 7) is 1.93. The lowest BCUT2D eigenvalue weighted by molar-refractivity contribution is 0.0926. The minimum absolute atomic E-state index is 0.0527. The number of hydrogen-bond donors (Lipinski definition) is 2. The summed E-state index contributed by atoms with van der Waals surface area (Å²) < 4.78 is 1.81. The molecule has 1 saturated carbocycles. The maximum atomic E-state index is 12.9. The van der Waals surface area contributed by atoms with Gasteiger partial charge in [-0.05, 0) is 69.0 Å². The number of carbonyl (C=O) groups excluding carboxylic acids is 1. The van der Waals surface area contributed by atoms with E-state index in [1.807, 2.05) is 72.4 Å². The molecule has 7 heteroatoms. The highest BCUT2D eigenvalue weighted by molar-refractivity contribution is 6.31. The molecule has 33 heavy (non-hydrogen) atoms. The molecule has 1 amide bonds. The van der Waals surface area contributed by atoms with Crippen molar-refractivity contribution in [2.45, 2.75) is 44.7 Å². The van der Waals surface area contributed by atoms with Crippen LogP contribution in [0.15, 0.2) is 67.0 Å². The highest BCUT2D eigenvalue weighted by Gasteiger charge is 2.24. The van der Waals surface area contributed by atoms with Crippen molar-refractivity contribution in [2.24, 2.45) is 0 Å². The van der Waals surface area contributed by atoms with Crippen molar-refractivity contribution in [2.75, 3.05) is 5.32 Å². The highest BCUT2D eigenvalue weighted by Crippen LogP contribution is 2.28. The van der Waals surface area contributed by atoms with Crippen LogP contribution in [0.5, 0.6) is 0 Å². The van der Waals surface area contributed by atoms with Gasteiger partial charge < -0.3 is 10.6 Å². The molecule has 1 aliphatic carbocycles. The zero-order valence-corrected chi connectivity index (χ0v) is 19.2. The first-order chi connectivity index (χ1) is 16.1. The third-order valence-electron chi connectivity index (χ3n) is 6.38. The summed E-state index contributed by atoms with van der Waals surface area (Å²) in [6.07, 6.45) is 7.32. The summed E-state index contributed by atoms with van der Waals surface area (Å²) in [5.74, 6) is -0.0527. The maximum Gasteiger partial charge on any atom is 0.254 e. The van der Waals surface area contributed by atoms with E-state index in [0.717, 1.165) is 53.7 Å². The molecule has 0 saturated heterocycles. The molecule has 1 aliphatic rings. The van der Waals surface area contributed by atoms with Crippen LogP contribution in [0.1, 0.15) is 41.7 Å². The molecule has 1 fully saturated rings. The van der Waals surface area contributed by atoms with Gasteiger partial charge in [-0.15, -0.1) is 0 Å². The van der Waals surface area contributed by atoms with Crippen LogP contribution in [0.4, 0.5) is 5.69 Å². The summed E-state index contributed by atoms with van der Waals surface area (Å²) >= 11 is 6.11. The predicted molar refractivity (Wildman–Crippen MR) is 132 cm³/mol. The van der Waals surface area contributed by atoms with E-state index in [4.69, 9.17) is 11.6 Å². The van der Waals surface area contributed by atoms with Crippen LogP contribution in [0, 0.1) is 6.92 Å². The highest BCUT2D eigenvalue weighted by atomic mass is 35.5. The van der Waals surface area contributed by atoms with Gasteiger partial charge in [-0.25, -0.2) is 4.68 Å². The number of aromatic nitrogens is 3. The van der Waals surface area contributed by atoms with Gasteiger partial charge >= 0.3 is 0 Å². The lowest BCUT2D eigenvalue weighted by Gasteiger charge is -2.30. The minimum atomic E-state index is -0.0527. The first-order valence-corrected chi connectivity index (χ1v) is 11.7. The number of carbonyl (C=O) groups is 1. The van der Waals surface area contributed by atoms with Crippen LogP contribution in [-0.4, -0.2) is 32.8 Å². The Kier molecular flexibility index (Phi) is 6.01. The molecule has 0 aliphatic heterocycles. The lowest BCUT2D eigenvalue weighted by atomic mass is 9.90.